The molecule has 1 heteroatoms. The molecule has 0 radical (unpaired) electrons. The van der Waals surface area contributed by atoms with Crippen molar-refractivity contribution >= 4 is 0 Å². The molecule has 0 saturated carbocycles. The Balaban J connectivity index is 2.59. The highest BCUT2D eigenvalue weighted by Crippen LogP contribution is 2.02. The fraction of sp³-hybridized carbons (Fsp3) is 0.400. The highest BCUT2D eigenvalue weighted by Gasteiger charge is 1.94. The van der Waals surface area contributed by atoms with Crippen molar-refractivity contribution in [3.63, 3.8) is 0 Å². The fourth-order valence-corrected chi connectivity index (χ4v) is 0.911. The summed E-state index contributed by atoms with van der Waals surface area (Å²) in [6.07, 6.45) is 0.551. The van der Waals surface area contributed by atoms with Crippen LogP contribution >= 0.6 is 0 Å². The predicted molar refractivity (Wildman–Crippen MR) is 48.4 cm³/mol. The van der Waals surface area contributed by atoms with Crippen molar-refractivity contribution < 1.29 is 1.37 Å². The predicted octanol–water partition coefficient (Wildman–Crippen LogP) is 1.97. The summed E-state index contributed by atoms with van der Waals surface area (Å²) in [5.41, 5.74) is 6.66. The molecule has 1 rings (SSSR count). The lowest BCUT2D eigenvalue weighted by Crippen LogP contribution is -2.15. The van der Waals surface area contributed by atoms with Gasteiger partial charge in [0.05, 0.1) is 0 Å². The average molecular weight is 150 g/mol. The number of aryl methyl sites for hydroxylation is 1. The molecule has 0 saturated heterocycles. The van der Waals surface area contributed by atoms with Crippen LogP contribution in [-0.2, 0) is 6.40 Å². The quantitative estimate of drug-likeness (QED) is 0.700. The highest BCUT2D eigenvalue weighted by molar-refractivity contribution is 5.14. The van der Waals surface area contributed by atoms with Crippen LogP contribution in [0, 0.1) is 0 Å². The SMILES string of the molecule is [2H]C(CC(C)N)c1ccccc1. The molecule has 2 atom stereocenters. The monoisotopic (exact) mass is 150 g/mol. The number of hydrogen-bond acceptors (Lipinski definition) is 1. The molecule has 0 fully saturated rings. The minimum absolute atomic E-state index is 0.104. The molecule has 0 amide bonds. The molecule has 0 aliphatic rings. The Hall–Kier alpha value is -0.820. The summed E-state index contributed by atoms with van der Waals surface area (Å²) in [6, 6.07) is 9.92. The first-order valence-corrected chi connectivity index (χ1v) is 3.93. The summed E-state index contributed by atoms with van der Waals surface area (Å²) in [5.74, 6) is 0. The van der Waals surface area contributed by atoms with E-state index in [0.29, 0.717) is 0 Å². The first-order chi connectivity index (χ1) is 5.70. The fourth-order valence-electron chi connectivity index (χ4n) is 0.911. The molecule has 0 aliphatic carbocycles. The molecule has 2 N–H and O–H groups in total. The van der Waals surface area contributed by atoms with Gasteiger partial charge >= 0.3 is 0 Å². The third-order valence-electron chi connectivity index (χ3n) is 1.52. The Morgan fingerprint density at radius 3 is 2.64 bits per heavy atom. The molecule has 1 aromatic rings. The van der Waals surface area contributed by atoms with E-state index in [1.165, 1.54) is 0 Å². The van der Waals surface area contributed by atoms with E-state index in [0.717, 1.165) is 12.0 Å². The Kier molecular flexibility index (Phi) is 2.58. The van der Waals surface area contributed by atoms with Crippen molar-refractivity contribution in [2.45, 2.75) is 25.8 Å². The lowest BCUT2D eigenvalue weighted by molar-refractivity contribution is 0.666. The van der Waals surface area contributed by atoms with Crippen LogP contribution in [0.3, 0.4) is 0 Å². The van der Waals surface area contributed by atoms with Crippen LogP contribution in [0.15, 0.2) is 30.3 Å². The maximum absolute atomic E-state index is 7.76. The first-order valence-electron chi connectivity index (χ1n) is 4.50. The van der Waals surface area contributed by atoms with Gasteiger partial charge < -0.3 is 5.73 Å². The lowest BCUT2D eigenvalue weighted by atomic mass is 10.1. The maximum Gasteiger partial charge on any atom is 0.0317 e. The van der Waals surface area contributed by atoms with Crippen molar-refractivity contribution in [1.29, 1.82) is 0 Å². The standard InChI is InChI=1S/C10H15N/c1-9(11)7-8-10-5-3-2-4-6-10/h2-6,9H,7-8,11H2,1H3/i8D. The Labute approximate surface area is 69.6 Å². The highest BCUT2D eigenvalue weighted by atomic mass is 14.6. The van der Waals surface area contributed by atoms with E-state index in [4.69, 9.17) is 7.10 Å². The van der Waals surface area contributed by atoms with Crippen molar-refractivity contribution in [2.24, 2.45) is 5.73 Å². The third-order valence-corrected chi connectivity index (χ3v) is 1.52. The van der Waals surface area contributed by atoms with Crippen LogP contribution in [0.2, 0.25) is 0 Å². The van der Waals surface area contributed by atoms with Crippen LogP contribution in [-0.4, -0.2) is 6.04 Å². The van der Waals surface area contributed by atoms with Gasteiger partial charge in [-0.25, -0.2) is 0 Å². The second-order valence-electron chi connectivity index (χ2n) is 2.83. The number of nitrogens with two attached hydrogens (primary N) is 1. The molecule has 11 heavy (non-hydrogen) atoms. The molecule has 1 nitrogen and oxygen atoms in total. The summed E-state index contributed by atoms with van der Waals surface area (Å²) in [4.78, 5) is 0. The van der Waals surface area contributed by atoms with E-state index in [1.54, 1.807) is 0 Å². The van der Waals surface area contributed by atoms with Crippen molar-refractivity contribution in [1.82, 2.24) is 0 Å². The van der Waals surface area contributed by atoms with Gasteiger partial charge in [0, 0.05) is 7.41 Å². The molecule has 60 valence electrons. The van der Waals surface area contributed by atoms with Crippen molar-refractivity contribution in [3.8, 4) is 0 Å². The van der Waals surface area contributed by atoms with Gasteiger partial charge in [0.1, 0.15) is 0 Å². The molecule has 0 heterocycles. The van der Waals surface area contributed by atoms with E-state index in [-0.39, 0.29) is 12.4 Å². The summed E-state index contributed by atoms with van der Waals surface area (Å²) < 4.78 is 7.76. The van der Waals surface area contributed by atoms with Crippen LogP contribution < -0.4 is 5.73 Å². The van der Waals surface area contributed by atoms with Gasteiger partial charge in [0.25, 0.3) is 0 Å². The van der Waals surface area contributed by atoms with E-state index >= 15 is 0 Å². The summed E-state index contributed by atoms with van der Waals surface area (Å²) in [6.45, 7) is 1.94. The second-order valence-corrected chi connectivity index (χ2v) is 2.83. The van der Waals surface area contributed by atoms with Crippen LogP contribution in [0.1, 0.15) is 20.3 Å². The van der Waals surface area contributed by atoms with Crippen LogP contribution in [0.25, 0.3) is 0 Å². The molecule has 1 aromatic carbocycles. The van der Waals surface area contributed by atoms with E-state index in [1.807, 2.05) is 37.3 Å². The molecule has 0 spiro atoms. The van der Waals surface area contributed by atoms with Gasteiger partial charge in [0.2, 0.25) is 0 Å². The van der Waals surface area contributed by atoms with Gasteiger partial charge in [-0.15, -0.1) is 0 Å². The smallest absolute Gasteiger partial charge is 0.0317 e. The largest absolute Gasteiger partial charge is 0.328 e. The van der Waals surface area contributed by atoms with E-state index in [2.05, 4.69) is 0 Å². The average Bonchev–Trinajstić information content (AvgIpc) is 2.05. The Bertz CT molecular complexity index is 221. The minimum Gasteiger partial charge on any atom is -0.328 e. The zero-order valence-electron chi connectivity index (χ0n) is 7.83. The summed E-state index contributed by atoms with van der Waals surface area (Å²) in [7, 11) is 0. The minimum atomic E-state index is -0.175. The van der Waals surface area contributed by atoms with E-state index in [9.17, 15) is 0 Å². The van der Waals surface area contributed by atoms with E-state index < -0.39 is 0 Å². The molecule has 2 unspecified atom stereocenters. The van der Waals surface area contributed by atoms with Gasteiger partial charge in [-0.1, -0.05) is 30.3 Å². The zero-order valence-corrected chi connectivity index (χ0v) is 6.83. The van der Waals surface area contributed by atoms with Gasteiger partial charge in [0.15, 0.2) is 0 Å². The molecular formula is C10H15N. The molecule has 0 aliphatic heterocycles. The van der Waals surface area contributed by atoms with Crippen molar-refractivity contribution in [3.05, 3.63) is 35.9 Å². The number of benzene rings is 1. The maximum atomic E-state index is 7.76. The normalized spacial score (nSPS) is 17.1. The van der Waals surface area contributed by atoms with Crippen LogP contribution in [0.5, 0.6) is 0 Å². The van der Waals surface area contributed by atoms with Gasteiger partial charge in [-0.2, -0.15) is 0 Å². The van der Waals surface area contributed by atoms with Gasteiger partial charge in [-0.3, -0.25) is 0 Å². The van der Waals surface area contributed by atoms with Gasteiger partial charge in [-0.05, 0) is 25.3 Å². The topological polar surface area (TPSA) is 26.0 Å². The first kappa shape index (κ1) is 6.86. The molecule has 0 aromatic heterocycles. The zero-order chi connectivity index (χ0) is 8.97. The summed E-state index contributed by atoms with van der Waals surface area (Å²) in [5, 5.41) is 0. The van der Waals surface area contributed by atoms with Crippen LogP contribution in [0.4, 0.5) is 0 Å². The summed E-state index contributed by atoms with van der Waals surface area (Å²) >= 11 is 0. The number of rotatable bonds is 3. The van der Waals surface area contributed by atoms with Crippen molar-refractivity contribution in [2.75, 3.05) is 0 Å². The molecule has 0 bridgehead atoms. The second kappa shape index (κ2) is 4.14. The number of hydrogen-bond donors (Lipinski definition) is 1. The Morgan fingerprint density at radius 1 is 1.45 bits per heavy atom. The Morgan fingerprint density at radius 2 is 2.09 bits per heavy atom. The lowest BCUT2D eigenvalue weighted by Gasteiger charge is -2.03. The third kappa shape index (κ3) is 3.19. The molecular weight excluding hydrogens is 134 g/mol.